The lowest BCUT2D eigenvalue weighted by molar-refractivity contribution is -0.142. The third kappa shape index (κ3) is 5.85. The number of nitrogens with one attached hydrogen (secondary N) is 1. The Hall–Kier alpha value is -2.08. The van der Waals surface area contributed by atoms with E-state index in [-0.39, 0.29) is 10.8 Å². The van der Waals surface area contributed by atoms with Gasteiger partial charge in [0.05, 0.1) is 10.0 Å². The van der Waals surface area contributed by atoms with Crippen molar-refractivity contribution in [3.63, 3.8) is 0 Å². The van der Waals surface area contributed by atoms with Gasteiger partial charge < -0.3 is 10.1 Å². The van der Waals surface area contributed by atoms with Crippen molar-refractivity contribution in [2.24, 2.45) is 0 Å². The number of pyridine rings is 1. The van der Waals surface area contributed by atoms with E-state index in [0.717, 1.165) is 5.56 Å². The summed E-state index contributed by atoms with van der Waals surface area (Å²) in [4.78, 5) is 27.2. The summed E-state index contributed by atoms with van der Waals surface area (Å²) in [6.45, 7) is -0.468. The zero-order valence-electron chi connectivity index (χ0n) is 12.1. The minimum Gasteiger partial charge on any atom is -0.452 e. The van der Waals surface area contributed by atoms with Gasteiger partial charge in [0.1, 0.15) is 0 Å². The second-order valence-electron chi connectivity index (χ2n) is 4.52. The lowest BCUT2D eigenvalue weighted by Gasteiger charge is -2.06. The van der Waals surface area contributed by atoms with Crippen molar-refractivity contribution in [2.45, 2.75) is 0 Å². The molecule has 1 aromatic heterocycles. The zero-order chi connectivity index (χ0) is 17.5. The Labute approximate surface area is 153 Å². The molecule has 1 heterocycles. The predicted octanol–water partition coefficient (Wildman–Crippen LogP) is 4.24. The summed E-state index contributed by atoms with van der Waals surface area (Å²) >= 11 is 17.3. The van der Waals surface area contributed by atoms with Crippen LogP contribution in [-0.4, -0.2) is 23.5 Å². The second kappa shape index (κ2) is 8.68. The fourth-order valence-corrected chi connectivity index (χ4v) is 2.15. The molecule has 0 fully saturated rings. The number of hydrogen-bond donors (Lipinski definition) is 1. The minimum atomic E-state index is -0.657. The zero-order valence-corrected chi connectivity index (χ0v) is 14.4. The standard InChI is InChI=1S/C16H11Cl3N2O3/c17-11-4-1-10(2-5-11)3-6-15(23)24-9-14(22)21-16-13(19)7-12(18)8-20-16/h1-8H,9H2,(H,20,21,22)/b6-3+. The minimum absolute atomic E-state index is 0.138. The van der Waals surface area contributed by atoms with Crippen molar-refractivity contribution in [2.75, 3.05) is 11.9 Å². The van der Waals surface area contributed by atoms with Crippen LogP contribution >= 0.6 is 34.8 Å². The van der Waals surface area contributed by atoms with Crippen LogP contribution in [0.3, 0.4) is 0 Å². The number of rotatable bonds is 5. The number of esters is 1. The first-order valence-corrected chi connectivity index (χ1v) is 7.79. The Morgan fingerprint density at radius 2 is 1.83 bits per heavy atom. The fraction of sp³-hybridized carbons (Fsp3) is 0.0625. The Bertz CT molecular complexity index is 777. The van der Waals surface area contributed by atoms with Crippen LogP contribution in [0.25, 0.3) is 6.08 Å². The highest BCUT2D eigenvalue weighted by Crippen LogP contribution is 2.22. The molecule has 5 nitrogen and oxygen atoms in total. The molecule has 0 bridgehead atoms. The van der Waals surface area contributed by atoms with Gasteiger partial charge in [0, 0.05) is 17.3 Å². The third-order valence-corrected chi connectivity index (χ3v) is 3.44. The van der Waals surface area contributed by atoms with Crippen LogP contribution in [0.15, 0.2) is 42.6 Å². The number of nitrogens with zero attached hydrogens (tertiary/aromatic N) is 1. The smallest absolute Gasteiger partial charge is 0.331 e. The number of anilines is 1. The monoisotopic (exact) mass is 384 g/mol. The number of carbonyl (C=O) groups excluding carboxylic acids is 2. The predicted molar refractivity (Wildman–Crippen MR) is 94.3 cm³/mol. The van der Waals surface area contributed by atoms with E-state index in [2.05, 4.69) is 10.3 Å². The number of amides is 1. The van der Waals surface area contributed by atoms with Crippen molar-refractivity contribution in [1.29, 1.82) is 0 Å². The Balaban J connectivity index is 1.82. The molecule has 0 aliphatic rings. The van der Waals surface area contributed by atoms with Gasteiger partial charge in [0.25, 0.3) is 5.91 Å². The summed E-state index contributed by atoms with van der Waals surface area (Å²) in [7, 11) is 0. The molecule has 0 atom stereocenters. The number of carbonyl (C=O) groups is 2. The van der Waals surface area contributed by atoms with Gasteiger partial charge in [-0.25, -0.2) is 9.78 Å². The van der Waals surface area contributed by atoms with Crippen LogP contribution in [0.2, 0.25) is 15.1 Å². The summed E-state index contributed by atoms with van der Waals surface area (Å²) in [6, 6.07) is 8.32. The van der Waals surface area contributed by atoms with Crippen LogP contribution in [-0.2, 0) is 14.3 Å². The molecule has 2 rings (SSSR count). The molecule has 2 aromatic rings. The van der Waals surface area contributed by atoms with Gasteiger partial charge in [-0.2, -0.15) is 0 Å². The van der Waals surface area contributed by atoms with E-state index in [1.807, 2.05) is 0 Å². The van der Waals surface area contributed by atoms with Gasteiger partial charge in [-0.05, 0) is 29.8 Å². The molecule has 1 amide bonds. The summed E-state index contributed by atoms with van der Waals surface area (Å²) in [5.41, 5.74) is 0.776. The van der Waals surface area contributed by atoms with E-state index in [9.17, 15) is 9.59 Å². The first-order valence-electron chi connectivity index (χ1n) is 6.65. The largest absolute Gasteiger partial charge is 0.452 e. The molecule has 8 heteroatoms. The maximum Gasteiger partial charge on any atom is 0.331 e. The van der Waals surface area contributed by atoms with Crippen LogP contribution in [0.4, 0.5) is 5.82 Å². The molecule has 0 saturated heterocycles. The van der Waals surface area contributed by atoms with Gasteiger partial charge in [-0.1, -0.05) is 46.9 Å². The summed E-state index contributed by atoms with van der Waals surface area (Å²) < 4.78 is 4.82. The molecule has 0 unspecified atom stereocenters. The molecule has 1 aromatic carbocycles. The van der Waals surface area contributed by atoms with E-state index >= 15 is 0 Å². The molecule has 0 aliphatic carbocycles. The summed E-state index contributed by atoms with van der Waals surface area (Å²) in [5, 5.41) is 3.54. The van der Waals surface area contributed by atoms with E-state index in [4.69, 9.17) is 39.5 Å². The maximum absolute atomic E-state index is 11.7. The van der Waals surface area contributed by atoms with Gasteiger partial charge >= 0.3 is 5.97 Å². The van der Waals surface area contributed by atoms with Crippen molar-refractivity contribution in [1.82, 2.24) is 4.98 Å². The van der Waals surface area contributed by atoms with Crippen molar-refractivity contribution in [3.05, 3.63) is 63.2 Å². The van der Waals surface area contributed by atoms with Crippen LogP contribution < -0.4 is 5.32 Å². The lowest BCUT2D eigenvalue weighted by Crippen LogP contribution is -2.20. The first-order chi connectivity index (χ1) is 11.4. The molecular formula is C16H11Cl3N2O3. The highest BCUT2D eigenvalue weighted by atomic mass is 35.5. The Kier molecular flexibility index (Phi) is 6.61. The fourth-order valence-electron chi connectivity index (χ4n) is 1.60. The van der Waals surface area contributed by atoms with Gasteiger partial charge in [-0.3, -0.25) is 4.79 Å². The number of halogens is 3. The third-order valence-electron chi connectivity index (χ3n) is 2.69. The highest BCUT2D eigenvalue weighted by Gasteiger charge is 2.09. The quantitative estimate of drug-likeness (QED) is 0.617. The van der Waals surface area contributed by atoms with Gasteiger partial charge in [-0.15, -0.1) is 0 Å². The molecule has 124 valence electrons. The topological polar surface area (TPSA) is 68.3 Å². The SMILES string of the molecule is O=C(COC(=O)/C=C/c1ccc(Cl)cc1)Nc1ncc(Cl)cc1Cl. The normalized spacial score (nSPS) is 10.6. The van der Waals surface area contributed by atoms with Gasteiger partial charge in [0.2, 0.25) is 0 Å². The van der Waals surface area contributed by atoms with Crippen molar-refractivity contribution < 1.29 is 14.3 Å². The van der Waals surface area contributed by atoms with Gasteiger partial charge in [0.15, 0.2) is 12.4 Å². The van der Waals surface area contributed by atoms with Crippen molar-refractivity contribution >= 4 is 58.6 Å². The molecule has 0 saturated carbocycles. The maximum atomic E-state index is 11.7. The molecule has 0 aliphatic heterocycles. The average molecular weight is 386 g/mol. The molecule has 0 spiro atoms. The lowest BCUT2D eigenvalue weighted by atomic mass is 10.2. The Morgan fingerprint density at radius 1 is 1.12 bits per heavy atom. The van der Waals surface area contributed by atoms with Crippen molar-refractivity contribution in [3.8, 4) is 0 Å². The summed E-state index contributed by atoms with van der Waals surface area (Å²) in [6.07, 6.45) is 4.10. The summed E-state index contributed by atoms with van der Waals surface area (Å²) in [5.74, 6) is -1.09. The number of hydrogen-bond acceptors (Lipinski definition) is 4. The van der Waals surface area contributed by atoms with E-state index in [0.29, 0.717) is 10.0 Å². The Morgan fingerprint density at radius 3 is 2.50 bits per heavy atom. The molecule has 24 heavy (non-hydrogen) atoms. The first kappa shape index (κ1) is 18.3. The molecular weight excluding hydrogens is 375 g/mol. The number of aromatic nitrogens is 1. The molecule has 1 N–H and O–H groups in total. The highest BCUT2D eigenvalue weighted by molar-refractivity contribution is 6.36. The van der Waals surface area contributed by atoms with E-state index in [1.165, 1.54) is 18.3 Å². The van der Waals surface area contributed by atoms with Crippen LogP contribution in [0.1, 0.15) is 5.56 Å². The second-order valence-corrected chi connectivity index (χ2v) is 5.80. The van der Waals surface area contributed by atoms with Crippen LogP contribution in [0, 0.1) is 0 Å². The molecule has 0 radical (unpaired) electrons. The number of ether oxygens (including phenoxy) is 1. The number of benzene rings is 1. The van der Waals surface area contributed by atoms with Crippen LogP contribution in [0.5, 0.6) is 0 Å². The van der Waals surface area contributed by atoms with E-state index < -0.39 is 18.5 Å². The van der Waals surface area contributed by atoms with E-state index in [1.54, 1.807) is 30.3 Å². The average Bonchev–Trinajstić information content (AvgIpc) is 2.55.